The fourth-order valence-electron chi connectivity index (χ4n) is 3.49. The molecule has 108 valence electrons. The van der Waals surface area contributed by atoms with Crippen LogP contribution in [0.2, 0.25) is 0 Å². The number of rotatable bonds is 6. The molecule has 0 aromatic carbocycles. The van der Waals surface area contributed by atoms with Crippen molar-refractivity contribution in [2.24, 2.45) is 17.6 Å². The van der Waals surface area contributed by atoms with E-state index in [9.17, 15) is 0 Å². The first-order chi connectivity index (χ1) is 8.49. The van der Waals surface area contributed by atoms with E-state index in [1.54, 1.807) is 0 Å². The molecule has 0 heterocycles. The summed E-state index contributed by atoms with van der Waals surface area (Å²) in [5, 5.41) is 0. The monoisotopic (exact) mass is 254 g/mol. The molecule has 2 unspecified atom stereocenters. The highest BCUT2D eigenvalue weighted by molar-refractivity contribution is 4.94. The molecule has 0 spiro atoms. The second kappa shape index (κ2) is 6.91. The molecular formula is C16H34N2. The van der Waals surface area contributed by atoms with E-state index in [0.29, 0.717) is 5.92 Å². The summed E-state index contributed by atoms with van der Waals surface area (Å²) in [7, 11) is 2.30. The lowest BCUT2D eigenvalue weighted by atomic mass is 9.78. The van der Waals surface area contributed by atoms with E-state index in [1.165, 1.54) is 38.5 Å². The maximum absolute atomic E-state index is 6.10. The van der Waals surface area contributed by atoms with E-state index in [2.05, 4.69) is 39.6 Å². The fourth-order valence-corrected chi connectivity index (χ4v) is 3.49. The third-order valence-electron chi connectivity index (χ3n) is 5.83. The van der Waals surface area contributed by atoms with Crippen LogP contribution in [0.25, 0.3) is 0 Å². The molecule has 2 heteroatoms. The van der Waals surface area contributed by atoms with Crippen LogP contribution in [0.4, 0.5) is 0 Å². The van der Waals surface area contributed by atoms with Crippen LogP contribution in [0.15, 0.2) is 0 Å². The molecule has 0 saturated heterocycles. The molecule has 0 aromatic rings. The first-order valence-electron chi connectivity index (χ1n) is 7.92. The Balaban J connectivity index is 2.65. The van der Waals surface area contributed by atoms with Crippen LogP contribution < -0.4 is 5.73 Å². The van der Waals surface area contributed by atoms with Gasteiger partial charge < -0.3 is 5.73 Å². The minimum Gasteiger partial charge on any atom is -0.329 e. The third kappa shape index (κ3) is 3.27. The van der Waals surface area contributed by atoms with Crippen molar-refractivity contribution in [3.05, 3.63) is 0 Å². The van der Waals surface area contributed by atoms with Gasteiger partial charge in [-0.1, -0.05) is 33.6 Å². The van der Waals surface area contributed by atoms with Crippen LogP contribution in [-0.2, 0) is 0 Å². The van der Waals surface area contributed by atoms with E-state index < -0.39 is 0 Å². The summed E-state index contributed by atoms with van der Waals surface area (Å²) in [5.41, 5.74) is 6.27. The summed E-state index contributed by atoms with van der Waals surface area (Å²) < 4.78 is 0. The minimum atomic E-state index is 0.165. The van der Waals surface area contributed by atoms with Gasteiger partial charge in [0.15, 0.2) is 0 Å². The largest absolute Gasteiger partial charge is 0.329 e. The van der Waals surface area contributed by atoms with E-state index in [1.807, 2.05) is 0 Å². The molecule has 0 amide bonds. The molecule has 0 bridgehead atoms. The van der Waals surface area contributed by atoms with Crippen molar-refractivity contribution in [2.75, 3.05) is 13.6 Å². The highest BCUT2D eigenvalue weighted by atomic mass is 15.2. The average Bonchev–Trinajstić information content (AvgIpc) is 2.44. The van der Waals surface area contributed by atoms with Gasteiger partial charge in [0.1, 0.15) is 0 Å². The predicted octanol–water partition coefficient (Wildman–Crippen LogP) is 3.65. The van der Waals surface area contributed by atoms with Crippen molar-refractivity contribution in [1.82, 2.24) is 4.90 Å². The normalized spacial score (nSPS) is 30.2. The van der Waals surface area contributed by atoms with Gasteiger partial charge in [0.25, 0.3) is 0 Å². The zero-order valence-corrected chi connectivity index (χ0v) is 13.2. The number of hydrogen-bond acceptors (Lipinski definition) is 2. The zero-order chi connectivity index (χ0) is 13.8. The average molecular weight is 254 g/mol. The number of likely N-dealkylation sites (N-methyl/N-ethyl adjacent to an activating group) is 1. The lowest BCUT2D eigenvalue weighted by molar-refractivity contribution is 0.0228. The molecule has 1 aliphatic carbocycles. The van der Waals surface area contributed by atoms with E-state index in [4.69, 9.17) is 5.73 Å². The molecule has 0 aliphatic heterocycles. The van der Waals surface area contributed by atoms with E-state index >= 15 is 0 Å². The first kappa shape index (κ1) is 16.0. The summed E-state index contributed by atoms with van der Waals surface area (Å²) in [4.78, 5) is 2.60. The summed E-state index contributed by atoms with van der Waals surface area (Å²) >= 11 is 0. The number of hydrogen-bond donors (Lipinski definition) is 1. The molecule has 2 nitrogen and oxygen atoms in total. The van der Waals surface area contributed by atoms with Crippen molar-refractivity contribution in [3.8, 4) is 0 Å². The van der Waals surface area contributed by atoms with Crippen molar-refractivity contribution in [1.29, 1.82) is 0 Å². The van der Waals surface area contributed by atoms with Crippen LogP contribution in [0.5, 0.6) is 0 Å². The van der Waals surface area contributed by atoms with Crippen molar-refractivity contribution >= 4 is 0 Å². The van der Waals surface area contributed by atoms with E-state index in [-0.39, 0.29) is 5.54 Å². The minimum absolute atomic E-state index is 0.165. The van der Waals surface area contributed by atoms with Gasteiger partial charge >= 0.3 is 0 Å². The second-order valence-electron chi connectivity index (χ2n) is 6.56. The molecular weight excluding hydrogens is 220 g/mol. The molecule has 1 saturated carbocycles. The molecule has 2 N–H and O–H groups in total. The molecule has 1 aliphatic rings. The summed E-state index contributed by atoms with van der Waals surface area (Å²) in [6, 6.07) is 0.746. The Labute approximate surface area is 114 Å². The smallest absolute Gasteiger partial charge is 0.0328 e. The summed E-state index contributed by atoms with van der Waals surface area (Å²) in [6.07, 6.45) is 8.11. The maximum Gasteiger partial charge on any atom is 0.0328 e. The zero-order valence-electron chi connectivity index (χ0n) is 13.2. The van der Waals surface area contributed by atoms with Gasteiger partial charge in [-0.25, -0.2) is 0 Å². The SMILES string of the molecule is CCC1CCC(N(C)C(C)(CN)C(C)CC)CC1. The van der Waals surface area contributed by atoms with Gasteiger partial charge in [0.2, 0.25) is 0 Å². The van der Waals surface area contributed by atoms with Crippen LogP contribution >= 0.6 is 0 Å². The number of nitrogens with two attached hydrogens (primary N) is 1. The van der Waals surface area contributed by atoms with Crippen LogP contribution in [0, 0.1) is 11.8 Å². The predicted molar refractivity (Wildman–Crippen MR) is 80.7 cm³/mol. The number of nitrogens with zero attached hydrogens (tertiary/aromatic N) is 1. The van der Waals surface area contributed by atoms with Crippen LogP contribution in [0.3, 0.4) is 0 Å². The van der Waals surface area contributed by atoms with Crippen molar-refractivity contribution in [2.45, 2.75) is 77.8 Å². The van der Waals surface area contributed by atoms with Gasteiger partial charge in [-0.15, -0.1) is 0 Å². The second-order valence-corrected chi connectivity index (χ2v) is 6.56. The highest BCUT2D eigenvalue weighted by Gasteiger charge is 2.37. The Kier molecular flexibility index (Phi) is 6.13. The molecule has 18 heavy (non-hydrogen) atoms. The molecule has 1 rings (SSSR count). The van der Waals surface area contributed by atoms with Gasteiger partial charge in [-0.05, 0) is 51.5 Å². The third-order valence-corrected chi connectivity index (χ3v) is 5.83. The Bertz CT molecular complexity index is 233. The molecule has 1 fully saturated rings. The lowest BCUT2D eigenvalue weighted by Gasteiger charge is -2.48. The van der Waals surface area contributed by atoms with Gasteiger partial charge in [-0.2, -0.15) is 0 Å². The Morgan fingerprint density at radius 1 is 1.22 bits per heavy atom. The van der Waals surface area contributed by atoms with Gasteiger partial charge in [0.05, 0.1) is 0 Å². The topological polar surface area (TPSA) is 29.3 Å². The summed E-state index contributed by atoms with van der Waals surface area (Å²) in [5.74, 6) is 1.64. The standard InChI is InChI=1S/C16H34N2/c1-6-13(3)16(4,12-17)18(5)15-10-8-14(7-2)9-11-15/h13-15H,6-12,17H2,1-5H3. The molecule has 0 radical (unpaired) electrons. The van der Waals surface area contributed by atoms with Crippen molar-refractivity contribution in [3.63, 3.8) is 0 Å². The Hall–Kier alpha value is -0.0800. The first-order valence-corrected chi connectivity index (χ1v) is 7.92. The quantitative estimate of drug-likeness (QED) is 0.784. The van der Waals surface area contributed by atoms with Gasteiger partial charge in [-0.3, -0.25) is 4.90 Å². The van der Waals surface area contributed by atoms with Crippen molar-refractivity contribution < 1.29 is 0 Å². The molecule has 2 atom stereocenters. The van der Waals surface area contributed by atoms with Crippen LogP contribution in [-0.4, -0.2) is 30.1 Å². The maximum atomic E-state index is 6.10. The van der Waals surface area contributed by atoms with E-state index in [0.717, 1.165) is 18.5 Å². The highest BCUT2D eigenvalue weighted by Crippen LogP contribution is 2.34. The van der Waals surface area contributed by atoms with Crippen LogP contribution in [0.1, 0.15) is 66.2 Å². The lowest BCUT2D eigenvalue weighted by Crippen LogP contribution is -2.58. The van der Waals surface area contributed by atoms with Gasteiger partial charge in [0, 0.05) is 18.1 Å². The summed E-state index contributed by atoms with van der Waals surface area (Å²) in [6.45, 7) is 10.1. The molecule has 0 aromatic heterocycles. The Morgan fingerprint density at radius 2 is 1.78 bits per heavy atom. The Morgan fingerprint density at radius 3 is 2.17 bits per heavy atom. The fraction of sp³-hybridized carbons (Fsp3) is 1.00.